The molecule has 10 nitrogen and oxygen atoms in total. The lowest BCUT2D eigenvalue weighted by atomic mass is 10.3. The molecule has 0 radical (unpaired) electrons. The molecule has 13 heteroatoms. The van der Waals surface area contributed by atoms with Gasteiger partial charge in [-0.1, -0.05) is 11.6 Å². The van der Waals surface area contributed by atoms with Crippen LogP contribution in [0.3, 0.4) is 0 Å². The maximum atomic E-state index is 12.7. The lowest BCUT2D eigenvalue weighted by Crippen LogP contribution is -2.51. The quantitative estimate of drug-likeness (QED) is 0.561. The summed E-state index contributed by atoms with van der Waals surface area (Å²) in [6, 6.07) is 3.03. The molecule has 3 aromatic rings. The average molecular weight is 457 g/mol. The van der Waals surface area contributed by atoms with E-state index in [0.29, 0.717) is 15.4 Å². The number of piperazine rings is 1. The van der Waals surface area contributed by atoms with Crippen molar-refractivity contribution in [2.75, 3.05) is 26.2 Å². The highest BCUT2D eigenvalue weighted by molar-refractivity contribution is 7.91. The summed E-state index contributed by atoms with van der Waals surface area (Å²) in [4.78, 5) is 30.9. The predicted octanol–water partition coefficient (Wildman–Crippen LogP) is 0.378. The van der Waals surface area contributed by atoms with Crippen molar-refractivity contribution < 1.29 is 13.2 Å². The van der Waals surface area contributed by atoms with Gasteiger partial charge in [0.1, 0.15) is 22.5 Å². The van der Waals surface area contributed by atoms with Gasteiger partial charge in [-0.2, -0.15) is 9.40 Å². The van der Waals surface area contributed by atoms with Crippen LogP contribution in [0.5, 0.6) is 0 Å². The van der Waals surface area contributed by atoms with Gasteiger partial charge >= 0.3 is 0 Å². The van der Waals surface area contributed by atoms with Crippen LogP contribution in [-0.2, 0) is 28.4 Å². The Morgan fingerprint density at radius 2 is 1.97 bits per heavy atom. The highest BCUT2D eigenvalue weighted by Crippen LogP contribution is 2.28. The number of halogens is 1. The van der Waals surface area contributed by atoms with E-state index >= 15 is 0 Å². The maximum absolute atomic E-state index is 12.7. The molecule has 0 atom stereocenters. The van der Waals surface area contributed by atoms with Gasteiger partial charge in [0.05, 0.1) is 10.5 Å². The average Bonchev–Trinajstić information content (AvgIpc) is 3.31. The SMILES string of the molecule is Cn1ncc2c(=O)n(CC(=O)N3CCN(S(=O)(=O)c4ccc(Cl)s4)CC3)cnc21. The molecule has 154 valence electrons. The van der Waals surface area contributed by atoms with Crippen LogP contribution < -0.4 is 5.56 Å². The maximum Gasteiger partial charge on any atom is 0.264 e. The van der Waals surface area contributed by atoms with Gasteiger partial charge < -0.3 is 4.90 Å². The summed E-state index contributed by atoms with van der Waals surface area (Å²) in [7, 11) is -1.94. The van der Waals surface area contributed by atoms with Crippen molar-refractivity contribution in [3.63, 3.8) is 0 Å². The molecule has 1 amide bonds. The van der Waals surface area contributed by atoms with Crippen molar-refractivity contribution >= 4 is 49.9 Å². The number of aromatic nitrogens is 4. The number of rotatable bonds is 4. The molecule has 4 heterocycles. The first-order valence-corrected chi connectivity index (χ1v) is 11.3. The number of carbonyl (C=O) groups excluding carboxylic acids is 1. The van der Waals surface area contributed by atoms with E-state index in [1.165, 1.54) is 32.1 Å². The lowest BCUT2D eigenvalue weighted by Gasteiger charge is -2.33. The number of carbonyl (C=O) groups is 1. The highest BCUT2D eigenvalue weighted by atomic mass is 35.5. The van der Waals surface area contributed by atoms with Crippen LogP contribution in [0.2, 0.25) is 4.34 Å². The van der Waals surface area contributed by atoms with Crippen LogP contribution >= 0.6 is 22.9 Å². The highest BCUT2D eigenvalue weighted by Gasteiger charge is 2.31. The first-order valence-electron chi connectivity index (χ1n) is 8.68. The molecular formula is C16H17ClN6O4S2. The van der Waals surface area contributed by atoms with Crippen molar-refractivity contribution in [3.8, 4) is 0 Å². The third-order valence-corrected chi connectivity index (χ3v) is 8.35. The predicted molar refractivity (Wildman–Crippen MR) is 107 cm³/mol. The van der Waals surface area contributed by atoms with Crippen LogP contribution in [-0.4, -0.2) is 69.0 Å². The smallest absolute Gasteiger partial charge is 0.264 e. The Hall–Kier alpha value is -2.28. The zero-order valence-electron chi connectivity index (χ0n) is 15.4. The number of hydrogen-bond acceptors (Lipinski definition) is 7. The second-order valence-electron chi connectivity index (χ2n) is 6.53. The molecule has 0 aromatic carbocycles. The van der Waals surface area contributed by atoms with E-state index in [1.54, 1.807) is 18.0 Å². The Labute approximate surface area is 175 Å². The van der Waals surface area contributed by atoms with Crippen LogP contribution in [0.4, 0.5) is 0 Å². The summed E-state index contributed by atoms with van der Waals surface area (Å²) in [5.74, 6) is -0.270. The summed E-state index contributed by atoms with van der Waals surface area (Å²) >= 11 is 6.85. The van der Waals surface area contributed by atoms with Crippen LogP contribution in [0, 0.1) is 0 Å². The van der Waals surface area contributed by atoms with Gasteiger partial charge in [0.15, 0.2) is 5.65 Å². The summed E-state index contributed by atoms with van der Waals surface area (Å²) in [6.45, 7) is 0.684. The number of thiophene rings is 1. The molecule has 3 aromatic heterocycles. The summed E-state index contributed by atoms with van der Waals surface area (Å²) in [6.07, 6.45) is 2.75. The Morgan fingerprint density at radius 1 is 1.24 bits per heavy atom. The zero-order valence-corrected chi connectivity index (χ0v) is 17.7. The fraction of sp³-hybridized carbons (Fsp3) is 0.375. The Morgan fingerprint density at radius 3 is 2.62 bits per heavy atom. The van der Waals surface area contributed by atoms with Crippen molar-refractivity contribution in [2.45, 2.75) is 10.8 Å². The van der Waals surface area contributed by atoms with Gasteiger partial charge in [0, 0.05) is 33.2 Å². The third kappa shape index (κ3) is 3.68. The van der Waals surface area contributed by atoms with E-state index in [-0.39, 0.29) is 48.4 Å². The second-order valence-corrected chi connectivity index (χ2v) is 10.4. The Balaban J connectivity index is 1.43. The largest absolute Gasteiger partial charge is 0.338 e. The van der Waals surface area contributed by atoms with E-state index in [1.807, 2.05) is 0 Å². The van der Waals surface area contributed by atoms with E-state index in [4.69, 9.17) is 11.6 Å². The molecule has 0 bridgehead atoms. The molecule has 0 aliphatic carbocycles. The summed E-state index contributed by atoms with van der Waals surface area (Å²) < 4.78 is 30.0. The van der Waals surface area contributed by atoms with Crippen LogP contribution in [0.25, 0.3) is 11.0 Å². The fourth-order valence-electron chi connectivity index (χ4n) is 3.17. The Bertz CT molecular complexity index is 1240. The molecule has 1 fully saturated rings. The van der Waals surface area contributed by atoms with Crippen molar-refractivity contribution in [2.24, 2.45) is 7.05 Å². The van der Waals surface area contributed by atoms with Crippen LogP contribution in [0.1, 0.15) is 0 Å². The molecule has 29 heavy (non-hydrogen) atoms. The van der Waals surface area contributed by atoms with Gasteiger partial charge in [-0.3, -0.25) is 18.8 Å². The van der Waals surface area contributed by atoms with Gasteiger partial charge in [0.2, 0.25) is 5.91 Å². The number of amides is 1. The minimum atomic E-state index is -3.62. The molecule has 1 aliphatic heterocycles. The molecule has 0 N–H and O–H groups in total. The van der Waals surface area contributed by atoms with Crippen molar-refractivity contribution in [3.05, 3.63) is 39.3 Å². The standard InChI is InChI=1S/C16H17ClN6O4S2/c1-20-15-11(8-19-20)16(25)22(10-18-15)9-13(24)21-4-6-23(7-5-21)29(26,27)14-3-2-12(17)28-14/h2-3,8,10H,4-7,9H2,1H3. The molecule has 0 spiro atoms. The normalized spacial score (nSPS) is 15.9. The minimum Gasteiger partial charge on any atom is -0.338 e. The van der Waals surface area contributed by atoms with E-state index in [2.05, 4.69) is 10.1 Å². The number of hydrogen-bond donors (Lipinski definition) is 0. The van der Waals surface area contributed by atoms with E-state index < -0.39 is 10.0 Å². The van der Waals surface area contributed by atoms with Crippen molar-refractivity contribution in [1.29, 1.82) is 0 Å². The molecule has 0 saturated carbocycles. The number of sulfonamides is 1. The molecule has 4 rings (SSSR count). The van der Waals surface area contributed by atoms with Gasteiger partial charge in [-0.15, -0.1) is 11.3 Å². The summed E-state index contributed by atoms with van der Waals surface area (Å²) in [5.41, 5.74) is 0.110. The Kier molecular flexibility index (Phi) is 5.19. The van der Waals surface area contributed by atoms with Gasteiger partial charge in [0.25, 0.3) is 15.6 Å². The number of aryl methyl sites for hydroxylation is 1. The number of fused-ring (bicyclic) bond motifs is 1. The molecule has 1 saturated heterocycles. The molecular weight excluding hydrogens is 440 g/mol. The van der Waals surface area contributed by atoms with Gasteiger partial charge in [-0.25, -0.2) is 13.4 Å². The number of nitrogens with zero attached hydrogens (tertiary/aromatic N) is 6. The third-order valence-electron chi connectivity index (χ3n) is 4.76. The lowest BCUT2D eigenvalue weighted by molar-refractivity contribution is -0.133. The van der Waals surface area contributed by atoms with Crippen molar-refractivity contribution in [1.82, 2.24) is 28.5 Å². The van der Waals surface area contributed by atoms with Gasteiger partial charge in [-0.05, 0) is 12.1 Å². The summed E-state index contributed by atoms with van der Waals surface area (Å²) in [5, 5.41) is 4.34. The molecule has 0 unspecified atom stereocenters. The minimum absolute atomic E-state index is 0.163. The first kappa shape index (κ1) is 20.0. The van der Waals surface area contributed by atoms with Crippen LogP contribution in [0.15, 0.2) is 33.7 Å². The van der Waals surface area contributed by atoms with E-state index in [9.17, 15) is 18.0 Å². The molecule has 1 aliphatic rings. The topological polar surface area (TPSA) is 110 Å². The second kappa shape index (κ2) is 7.52. The monoisotopic (exact) mass is 456 g/mol. The first-order chi connectivity index (χ1) is 13.8. The van der Waals surface area contributed by atoms with E-state index in [0.717, 1.165) is 11.3 Å². The fourth-order valence-corrected chi connectivity index (χ4v) is 6.23. The zero-order chi connectivity index (χ0) is 20.8.